The second kappa shape index (κ2) is 26.7. The molecule has 4 aliphatic rings. The van der Waals surface area contributed by atoms with Gasteiger partial charge in [0.25, 0.3) is 0 Å². The Balaban J connectivity index is 0.000000310. The van der Waals surface area contributed by atoms with Gasteiger partial charge in [-0.15, -0.1) is 0 Å². The maximum Gasteiger partial charge on any atom is 2.00 e. The molecule has 0 bridgehead atoms. The van der Waals surface area contributed by atoms with E-state index < -0.39 is 0 Å². The molecule has 41 heavy (non-hydrogen) atoms. The van der Waals surface area contributed by atoms with Gasteiger partial charge < -0.3 is 31.4 Å². The molecule has 4 aliphatic heterocycles. The largest absolute Gasteiger partial charge is 2.00 e. The zero-order valence-electron chi connectivity index (χ0n) is 24.7. The summed E-state index contributed by atoms with van der Waals surface area (Å²) in [5, 5.41) is 0. The summed E-state index contributed by atoms with van der Waals surface area (Å²) in [6.07, 6.45) is 10.2. The standard InChI is InChI=1S/C19H15.4C4H8O.ClH.Sr/c1-4-10-16(11-5-1)19(17-12-6-2-7-13-17)18-14-8-3-9-15-18;4*1-2-4-5-3-1;;/h1-15H;4*1-4H2;1H;/q-1;;;;;;+2/p-1. The van der Waals surface area contributed by atoms with Gasteiger partial charge in [0.05, 0.1) is 0 Å². The van der Waals surface area contributed by atoms with Crippen molar-refractivity contribution < 1.29 is 31.4 Å². The van der Waals surface area contributed by atoms with Gasteiger partial charge in [0.15, 0.2) is 0 Å². The SMILES string of the molecule is C1CCOC1.C1CCOC1.C1CCOC1.C1CCOC1.[Cl-].[Sr+2].c1ccc([C-](c2ccccc2)c2ccccc2)cc1. The molecule has 4 fully saturated rings. The van der Waals surface area contributed by atoms with Crippen molar-refractivity contribution in [2.45, 2.75) is 51.4 Å². The van der Waals surface area contributed by atoms with Gasteiger partial charge in [0.2, 0.25) is 0 Å². The van der Waals surface area contributed by atoms with Gasteiger partial charge in [-0.05, 0) is 51.4 Å². The van der Waals surface area contributed by atoms with Crippen LogP contribution in [0.2, 0.25) is 0 Å². The molecule has 0 N–H and O–H groups in total. The van der Waals surface area contributed by atoms with Gasteiger partial charge in [-0.1, -0.05) is 114 Å². The van der Waals surface area contributed by atoms with Gasteiger partial charge in [-0.2, -0.15) is 0 Å². The summed E-state index contributed by atoms with van der Waals surface area (Å²) in [6.45, 7) is 8.00. The number of hydrogen-bond acceptors (Lipinski definition) is 4. The normalized spacial score (nSPS) is 16.4. The summed E-state index contributed by atoms with van der Waals surface area (Å²) in [5.41, 5.74) is 3.75. The summed E-state index contributed by atoms with van der Waals surface area (Å²) >= 11 is 0. The minimum absolute atomic E-state index is 0. The number of rotatable bonds is 3. The first-order chi connectivity index (χ1) is 19.4. The van der Waals surface area contributed by atoms with Crippen LogP contribution in [0.15, 0.2) is 91.0 Å². The van der Waals surface area contributed by atoms with E-state index in [4.69, 9.17) is 18.9 Å². The van der Waals surface area contributed by atoms with Gasteiger partial charge >= 0.3 is 45.5 Å². The van der Waals surface area contributed by atoms with Crippen molar-refractivity contribution in [1.29, 1.82) is 0 Å². The Bertz CT molecular complexity index is 766. The molecular formula is C35H47ClO4Sr. The Morgan fingerprint density at radius 1 is 0.341 bits per heavy atom. The number of benzene rings is 3. The molecule has 6 heteroatoms. The van der Waals surface area contributed by atoms with Crippen molar-refractivity contribution >= 4 is 45.5 Å². The van der Waals surface area contributed by atoms with Crippen molar-refractivity contribution in [3.8, 4) is 0 Å². The molecule has 3 aromatic carbocycles. The number of ether oxygens (including phenoxy) is 4. The molecule has 220 valence electrons. The molecule has 3 aromatic rings. The Labute approximate surface area is 292 Å². The van der Waals surface area contributed by atoms with Gasteiger partial charge in [0.1, 0.15) is 0 Å². The van der Waals surface area contributed by atoms with Crippen molar-refractivity contribution in [3.05, 3.63) is 114 Å². The molecule has 0 saturated carbocycles. The van der Waals surface area contributed by atoms with Gasteiger partial charge in [0, 0.05) is 52.9 Å². The van der Waals surface area contributed by atoms with Crippen LogP contribution in [0.4, 0.5) is 0 Å². The van der Waals surface area contributed by atoms with Crippen LogP contribution in [0.3, 0.4) is 0 Å². The van der Waals surface area contributed by atoms with E-state index in [1.54, 1.807) is 0 Å². The third kappa shape index (κ3) is 17.8. The molecule has 0 amide bonds. The molecule has 7 rings (SSSR count). The molecule has 0 radical (unpaired) electrons. The fourth-order valence-corrected chi connectivity index (χ4v) is 4.36. The smallest absolute Gasteiger partial charge is 1.00 e. The Morgan fingerprint density at radius 3 is 0.683 bits per heavy atom. The maximum absolute atomic E-state index is 4.94. The minimum atomic E-state index is 0. The maximum atomic E-state index is 4.94. The Morgan fingerprint density at radius 2 is 0.537 bits per heavy atom. The van der Waals surface area contributed by atoms with Gasteiger partial charge in [-0.25, -0.2) is 0 Å². The average Bonchev–Trinajstić information content (AvgIpc) is 3.87. The van der Waals surface area contributed by atoms with Gasteiger partial charge in [-0.3, -0.25) is 0 Å². The summed E-state index contributed by atoms with van der Waals surface area (Å²) in [6, 6.07) is 31.6. The second-order valence-electron chi connectivity index (χ2n) is 9.75. The first-order valence-electron chi connectivity index (χ1n) is 14.8. The molecular weight excluding hydrogens is 607 g/mol. The zero-order valence-corrected chi connectivity index (χ0v) is 28.9. The molecule has 0 unspecified atom stereocenters. The molecule has 0 aromatic heterocycles. The number of halogens is 1. The van der Waals surface area contributed by atoms with Crippen molar-refractivity contribution in [3.63, 3.8) is 0 Å². The van der Waals surface area contributed by atoms with Crippen molar-refractivity contribution in [2.75, 3.05) is 52.9 Å². The third-order valence-corrected chi connectivity index (χ3v) is 6.50. The topological polar surface area (TPSA) is 36.9 Å². The molecule has 0 aliphatic carbocycles. The van der Waals surface area contributed by atoms with Crippen molar-refractivity contribution in [2.24, 2.45) is 0 Å². The van der Waals surface area contributed by atoms with Crippen LogP contribution in [-0.4, -0.2) is 98.3 Å². The zero-order chi connectivity index (χ0) is 27.1. The van der Waals surface area contributed by atoms with E-state index in [2.05, 4.69) is 91.0 Å². The van der Waals surface area contributed by atoms with E-state index in [1.807, 2.05) is 0 Å². The average molecular weight is 655 g/mol. The molecule has 4 nitrogen and oxygen atoms in total. The van der Waals surface area contributed by atoms with E-state index in [0.717, 1.165) is 52.9 Å². The van der Waals surface area contributed by atoms with Crippen LogP contribution in [0.25, 0.3) is 0 Å². The first kappa shape index (κ1) is 38.2. The Hall–Kier alpha value is -0.859. The molecule has 0 spiro atoms. The monoisotopic (exact) mass is 654 g/mol. The number of hydrogen-bond donors (Lipinski definition) is 0. The second-order valence-corrected chi connectivity index (χ2v) is 9.75. The molecule has 4 heterocycles. The fourth-order valence-electron chi connectivity index (χ4n) is 4.36. The molecule has 0 atom stereocenters. The van der Waals surface area contributed by atoms with Crippen LogP contribution in [0, 0.1) is 5.92 Å². The first-order valence-corrected chi connectivity index (χ1v) is 14.8. The predicted molar refractivity (Wildman–Crippen MR) is 166 cm³/mol. The molecule has 4 saturated heterocycles. The van der Waals surface area contributed by atoms with Crippen molar-refractivity contribution in [1.82, 2.24) is 0 Å². The Kier molecular flexibility index (Phi) is 24.9. The summed E-state index contributed by atoms with van der Waals surface area (Å²) < 4.78 is 19.8. The van der Waals surface area contributed by atoms with E-state index >= 15 is 0 Å². The van der Waals surface area contributed by atoms with E-state index in [-0.39, 0.29) is 57.9 Å². The van der Waals surface area contributed by atoms with Crippen LogP contribution >= 0.6 is 0 Å². The predicted octanol–water partition coefficient (Wildman–Crippen LogP) is 4.52. The fraction of sp³-hybridized carbons (Fsp3) is 0.457. The summed E-state index contributed by atoms with van der Waals surface area (Å²) in [7, 11) is 0. The van der Waals surface area contributed by atoms with Crippen LogP contribution < -0.4 is 12.4 Å². The quantitative estimate of drug-likeness (QED) is 0.237. The van der Waals surface area contributed by atoms with E-state index in [0.29, 0.717) is 0 Å². The minimum Gasteiger partial charge on any atom is -1.00 e. The summed E-state index contributed by atoms with van der Waals surface area (Å²) in [4.78, 5) is 0. The van der Waals surface area contributed by atoms with Crippen LogP contribution in [-0.2, 0) is 18.9 Å². The van der Waals surface area contributed by atoms with Crippen LogP contribution in [0.1, 0.15) is 68.1 Å². The summed E-state index contributed by atoms with van der Waals surface area (Å²) in [5.74, 6) is 1.28. The van der Waals surface area contributed by atoms with Crippen LogP contribution in [0.5, 0.6) is 0 Å². The van der Waals surface area contributed by atoms with E-state index in [1.165, 1.54) is 74.0 Å². The third-order valence-electron chi connectivity index (χ3n) is 6.50. The van der Waals surface area contributed by atoms with E-state index in [9.17, 15) is 0 Å².